The van der Waals surface area contributed by atoms with Gasteiger partial charge in [0.1, 0.15) is 17.7 Å². The molecule has 232 valence electrons. The van der Waals surface area contributed by atoms with Crippen molar-refractivity contribution < 1.29 is 31.9 Å². The Morgan fingerprint density at radius 1 is 1.04 bits per heavy atom. The van der Waals surface area contributed by atoms with E-state index in [0.29, 0.717) is 34.4 Å². The number of anilines is 1. The van der Waals surface area contributed by atoms with Crippen LogP contribution in [0.2, 0.25) is 0 Å². The molecule has 1 N–H and O–H groups in total. The van der Waals surface area contributed by atoms with Crippen LogP contribution in [0.4, 0.5) is 23.4 Å². The molecule has 1 aliphatic rings. The van der Waals surface area contributed by atoms with E-state index in [9.17, 15) is 31.9 Å². The number of hydrogen-bond acceptors (Lipinski definition) is 4. The lowest BCUT2D eigenvalue weighted by Gasteiger charge is -2.38. The number of para-hydroxylation sites is 1. The number of hydrogen-bond donors (Lipinski definition) is 1. The number of rotatable bonds is 8. The molecule has 0 radical (unpaired) electrons. The summed E-state index contributed by atoms with van der Waals surface area (Å²) in [6.07, 6.45) is -3.53. The van der Waals surface area contributed by atoms with E-state index >= 15 is 0 Å². The van der Waals surface area contributed by atoms with Crippen LogP contribution in [-0.4, -0.2) is 52.0 Å². The topological polar surface area (TPSA) is 87.5 Å². The van der Waals surface area contributed by atoms with Crippen LogP contribution in [0.25, 0.3) is 5.69 Å². The van der Waals surface area contributed by atoms with E-state index in [1.807, 2.05) is 6.07 Å². The van der Waals surface area contributed by atoms with Crippen LogP contribution in [0.3, 0.4) is 0 Å². The molecule has 45 heavy (non-hydrogen) atoms. The highest BCUT2D eigenvalue weighted by atomic mass is 19.4. The number of aromatic nitrogens is 2. The van der Waals surface area contributed by atoms with Crippen molar-refractivity contribution in [2.45, 2.75) is 31.6 Å². The highest BCUT2D eigenvalue weighted by Gasteiger charge is 2.46. The van der Waals surface area contributed by atoms with Crippen LogP contribution >= 0.6 is 0 Å². The van der Waals surface area contributed by atoms with Gasteiger partial charge in [0.2, 0.25) is 5.91 Å². The first-order chi connectivity index (χ1) is 21.4. The maximum atomic E-state index is 14.3. The minimum absolute atomic E-state index is 0.00917. The number of halogens is 4. The minimum atomic E-state index is -4.68. The lowest BCUT2D eigenvalue weighted by atomic mass is 9.80. The molecule has 1 aromatic heterocycles. The number of carbonyl (C=O) groups is 3. The Kier molecular flexibility index (Phi) is 8.58. The fourth-order valence-corrected chi connectivity index (χ4v) is 5.49. The molecular formula is C33H29F4N5O3. The highest BCUT2D eigenvalue weighted by Crippen LogP contribution is 2.44. The zero-order valence-electron chi connectivity index (χ0n) is 24.4. The van der Waals surface area contributed by atoms with E-state index in [4.69, 9.17) is 5.10 Å². The molecule has 3 aromatic carbocycles. The number of fused-ring (bicyclic) bond motifs is 1. The summed E-state index contributed by atoms with van der Waals surface area (Å²) in [4.78, 5) is 43.1. The molecule has 2 heterocycles. The second-order valence-electron chi connectivity index (χ2n) is 10.5. The van der Waals surface area contributed by atoms with Crippen LogP contribution in [-0.2, 0) is 22.3 Å². The standard InChI is InChI=1S/C33H29F4N5O3/c1-4-26(43)40(3)19-25-28-27(20-14-16-23(34)17-15-20)29(38-30(44)21-10-9-11-22(18-21)33(35,36)37)32(45)41(5-2)31(28)42(39-25)24-12-7-6-8-13-24/h4,6-18,27,29H,1,5,19H2,2-3H3,(H,38,44). The molecule has 8 nitrogen and oxygen atoms in total. The van der Waals surface area contributed by atoms with Crippen molar-refractivity contribution in [3.8, 4) is 5.69 Å². The maximum Gasteiger partial charge on any atom is 0.416 e. The van der Waals surface area contributed by atoms with Gasteiger partial charge in [0.15, 0.2) is 0 Å². The van der Waals surface area contributed by atoms with Crippen LogP contribution in [0, 0.1) is 5.82 Å². The van der Waals surface area contributed by atoms with Gasteiger partial charge in [0.25, 0.3) is 11.8 Å². The second kappa shape index (κ2) is 12.4. The average Bonchev–Trinajstić information content (AvgIpc) is 3.39. The van der Waals surface area contributed by atoms with E-state index in [2.05, 4.69) is 11.9 Å². The number of nitrogens with zero attached hydrogens (tertiary/aromatic N) is 4. The van der Waals surface area contributed by atoms with E-state index in [-0.39, 0.29) is 24.6 Å². The molecule has 0 bridgehead atoms. The monoisotopic (exact) mass is 619 g/mol. The van der Waals surface area contributed by atoms with E-state index in [1.54, 1.807) is 42.9 Å². The zero-order valence-corrected chi connectivity index (χ0v) is 24.4. The summed E-state index contributed by atoms with van der Waals surface area (Å²) < 4.78 is 56.0. The van der Waals surface area contributed by atoms with Gasteiger partial charge in [-0.25, -0.2) is 9.07 Å². The Bertz CT molecular complexity index is 1750. The van der Waals surface area contributed by atoms with Crippen molar-refractivity contribution in [1.29, 1.82) is 0 Å². The third-order valence-electron chi connectivity index (χ3n) is 7.63. The third-order valence-corrected chi connectivity index (χ3v) is 7.63. The average molecular weight is 620 g/mol. The molecule has 0 fully saturated rings. The summed E-state index contributed by atoms with van der Waals surface area (Å²) in [7, 11) is 1.56. The Labute approximate surface area is 256 Å². The molecule has 4 aromatic rings. The van der Waals surface area contributed by atoms with E-state index < -0.39 is 41.3 Å². The Morgan fingerprint density at radius 2 is 1.73 bits per heavy atom. The molecule has 0 saturated carbocycles. The molecule has 2 atom stereocenters. The Balaban J connectivity index is 1.72. The van der Waals surface area contributed by atoms with Gasteiger partial charge in [0.05, 0.1) is 23.5 Å². The van der Waals surface area contributed by atoms with Crippen molar-refractivity contribution in [1.82, 2.24) is 20.0 Å². The largest absolute Gasteiger partial charge is 0.416 e. The fourth-order valence-electron chi connectivity index (χ4n) is 5.49. The van der Waals surface area contributed by atoms with Gasteiger partial charge in [-0.15, -0.1) is 0 Å². The summed E-state index contributed by atoms with van der Waals surface area (Å²) in [5, 5.41) is 7.51. The van der Waals surface area contributed by atoms with Gasteiger partial charge in [0, 0.05) is 30.6 Å². The van der Waals surface area contributed by atoms with Crippen LogP contribution in [0.1, 0.15) is 45.6 Å². The number of benzene rings is 3. The molecule has 0 spiro atoms. The van der Waals surface area contributed by atoms with E-state index in [0.717, 1.165) is 18.2 Å². The fraction of sp³-hybridized carbons (Fsp3) is 0.212. The SMILES string of the molecule is C=CC(=O)N(C)Cc1nn(-c2ccccc2)c2c1C(c1ccc(F)cc1)C(NC(=O)c1cccc(C(F)(F)F)c1)C(=O)N2CC. The minimum Gasteiger partial charge on any atom is -0.339 e. The van der Waals surface area contributed by atoms with Crippen molar-refractivity contribution in [3.05, 3.63) is 125 Å². The quantitative estimate of drug-likeness (QED) is 0.209. The zero-order chi connectivity index (χ0) is 32.5. The first kappa shape index (κ1) is 31.2. The maximum absolute atomic E-state index is 14.3. The number of nitrogens with one attached hydrogen (secondary N) is 1. The second-order valence-corrected chi connectivity index (χ2v) is 10.5. The lowest BCUT2D eigenvalue weighted by molar-refractivity contribution is -0.137. The number of likely N-dealkylation sites (N-methyl/N-ethyl adjacent to an activating group) is 2. The summed E-state index contributed by atoms with van der Waals surface area (Å²) in [5.41, 5.74) is 0.644. The van der Waals surface area contributed by atoms with Crippen molar-refractivity contribution in [3.63, 3.8) is 0 Å². The predicted molar refractivity (Wildman–Crippen MR) is 159 cm³/mol. The van der Waals surface area contributed by atoms with Crippen molar-refractivity contribution in [2.75, 3.05) is 18.5 Å². The summed E-state index contributed by atoms with van der Waals surface area (Å²) in [5.74, 6) is -2.92. The number of alkyl halides is 3. The molecule has 1 aliphatic heterocycles. The summed E-state index contributed by atoms with van der Waals surface area (Å²) >= 11 is 0. The highest BCUT2D eigenvalue weighted by molar-refractivity contribution is 6.05. The Hall–Kier alpha value is -5.26. The molecule has 0 saturated heterocycles. The van der Waals surface area contributed by atoms with Crippen LogP contribution in [0.15, 0.2) is 91.5 Å². The smallest absolute Gasteiger partial charge is 0.339 e. The molecule has 0 aliphatic carbocycles. The first-order valence-electron chi connectivity index (χ1n) is 14.0. The Morgan fingerprint density at radius 3 is 2.36 bits per heavy atom. The molecule has 3 amide bonds. The lowest BCUT2D eigenvalue weighted by Crippen LogP contribution is -2.55. The first-order valence-corrected chi connectivity index (χ1v) is 14.0. The van der Waals surface area contributed by atoms with Crippen LogP contribution < -0.4 is 10.2 Å². The molecule has 2 unspecified atom stereocenters. The van der Waals surface area contributed by atoms with Gasteiger partial charge in [-0.05, 0) is 61.0 Å². The molecule has 5 rings (SSSR count). The molecule has 12 heteroatoms. The van der Waals surface area contributed by atoms with E-state index in [1.165, 1.54) is 40.1 Å². The van der Waals surface area contributed by atoms with Gasteiger partial charge in [-0.1, -0.05) is 43.0 Å². The van der Waals surface area contributed by atoms with Crippen molar-refractivity contribution in [2.24, 2.45) is 0 Å². The van der Waals surface area contributed by atoms with Gasteiger partial charge in [-0.3, -0.25) is 19.3 Å². The predicted octanol–water partition coefficient (Wildman–Crippen LogP) is 5.47. The van der Waals surface area contributed by atoms with Gasteiger partial charge in [-0.2, -0.15) is 18.3 Å². The van der Waals surface area contributed by atoms with Crippen molar-refractivity contribution >= 4 is 23.5 Å². The number of amides is 3. The van der Waals surface area contributed by atoms with Gasteiger partial charge < -0.3 is 10.2 Å². The number of carbonyl (C=O) groups excluding carboxylic acids is 3. The van der Waals surface area contributed by atoms with Crippen LogP contribution in [0.5, 0.6) is 0 Å². The van der Waals surface area contributed by atoms with Gasteiger partial charge >= 0.3 is 6.18 Å². The normalized spacial score (nSPS) is 16.2. The molecular weight excluding hydrogens is 590 g/mol. The summed E-state index contributed by atoms with van der Waals surface area (Å²) in [6.45, 7) is 5.42. The third kappa shape index (κ3) is 6.08. The summed E-state index contributed by atoms with van der Waals surface area (Å²) in [6, 6.07) is 17.0.